The fourth-order valence-corrected chi connectivity index (χ4v) is 2.49. The maximum Gasteiger partial charge on any atom is 0.216 e. The number of sulfonamides is 1. The van der Waals surface area contributed by atoms with Crippen molar-refractivity contribution in [2.75, 3.05) is 32.5 Å². The molecule has 1 N–H and O–H groups in total. The van der Waals surface area contributed by atoms with Crippen LogP contribution in [0, 0.1) is 0 Å². The maximum absolute atomic E-state index is 11.8. The lowest BCUT2D eigenvalue weighted by Crippen LogP contribution is -2.57. The maximum atomic E-state index is 11.8. The van der Waals surface area contributed by atoms with Crippen LogP contribution in [0.4, 0.5) is 0 Å². The number of hydrogen-bond donors (Lipinski definition) is 1. The van der Waals surface area contributed by atoms with E-state index in [1.54, 1.807) is 7.05 Å². The SMILES string of the molecule is CC(C)OCCS(=O)(=O)N(C)C1CNC1.Cl. The van der Waals surface area contributed by atoms with E-state index in [1.807, 2.05) is 13.8 Å². The van der Waals surface area contributed by atoms with Crippen molar-refractivity contribution in [3.63, 3.8) is 0 Å². The van der Waals surface area contributed by atoms with Crippen LogP contribution >= 0.6 is 12.4 Å². The second-order valence-electron chi connectivity index (χ2n) is 4.06. The molecule has 0 aromatic carbocycles. The molecule has 0 aromatic rings. The highest BCUT2D eigenvalue weighted by Gasteiger charge is 2.29. The third-order valence-corrected chi connectivity index (χ3v) is 4.36. The third kappa shape index (κ3) is 4.55. The summed E-state index contributed by atoms with van der Waals surface area (Å²) < 4.78 is 30.2. The van der Waals surface area contributed by atoms with Crippen LogP contribution in [0.15, 0.2) is 0 Å². The minimum absolute atomic E-state index is 0. The van der Waals surface area contributed by atoms with Crippen LogP contribution in [0.5, 0.6) is 0 Å². The summed E-state index contributed by atoms with van der Waals surface area (Å²) in [6, 6.07) is 0.119. The normalized spacial score (nSPS) is 17.3. The summed E-state index contributed by atoms with van der Waals surface area (Å²) >= 11 is 0. The Morgan fingerprint density at radius 2 is 2.00 bits per heavy atom. The molecule has 98 valence electrons. The Balaban J connectivity index is 0.00000225. The number of ether oxygens (including phenoxy) is 1. The Labute approximate surface area is 104 Å². The fourth-order valence-electron chi connectivity index (χ4n) is 1.29. The van der Waals surface area contributed by atoms with Gasteiger partial charge in [-0.2, -0.15) is 4.31 Å². The van der Waals surface area contributed by atoms with E-state index in [1.165, 1.54) is 4.31 Å². The van der Waals surface area contributed by atoms with E-state index in [4.69, 9.17) is 4.74 Å². The zero-order chi connectivity index (χ0) is 11.5. The highest BCUT2D eigenvalue weighted by Crippen LogP contribution is 2.08. The molecule has 1 aliphatic heterocycles. The molecule has 0 saturated carbocycles. The summed E-state index contributed by atoms with van der Waals surface area (Å²) in [6.45, 7) is 5.56. The largest absolute Gasteiger partial charge is 0.378 e. The number of likely N-dealkylation sites (N-methyl/N-ethyl adjacent to an activating group) is 1. The van der Waals surface area contributed by atoms with Crippen molar-refractivity contribution >= 4 is 22.4 Å². The first-order chi connectivity index (χ1) is 6.93. The number of rotatable bonds is 6. The van der Waals surface area contributed by atoms with Gasteiger partial charge < -0.3 is 10.1 Å². The quantitative estimate of drug-likeness (QED) is 0.743. The molecule has 1 rings (SSSR count). The van der Waals surface area contributed by atoms with E-state index in [2.05, 4.69) is 5.32 Å². The topological polar surface area (TPSA) is 58.6 Å². The van der Waals surface area contributed by atoms with Crippen molar-refractivity contribution in [1.29, 1.82) is 0 Å². The van der Waals surface area contributed by atoms with Crippen LogP contribution in [0.2, 0.25) is 0 Å². The average Bonchev–Trinajstić information content (AvgIpc) is 1.99. The first-order valence-electron chi connectivity index (χ1n) is 5.21. The van der Waals surface area contributed by atoms with Gasteiger partial charge in [0.1, 0.15) is 0 Å². The Kier molecular flexibility index (Phi) is 6.81. The van der Waals surface area contributed by atoms with E-state index in [9.17, 15) is 8.42 Å². The number of hydrogen-bond acceptors (Lipinski definition) is 4. The van der Waals surface area contributed by atoms with Gasteiger partial charge in [-0.3, -0.25) is 0 Å². The lowest BCUT2D eigenvalue weighted by Gasteiger charge is -2.34. The predicted molar refractivity (Wildman–Crippen MR) is 66.5 cm³/mol. The monoisotopic (exact) mass is 272 g/mol. The van der Waals surface area contributed by atoms with Crippen LogP contribution in [-0.2, 0) is 14.8 Å². The first kappa shape index (κ1) is 16.1. The smallest absolute Gasteiger partial charge is 0.216 e. The molecule has 7 heteroatoms. The van der Waals surface area contributed by atoms with Crippen molar-refractivity contribution in [2.24, 2.45) is 0 Å². The molecular weight excluding hydrogens is 252 g/mol. The van der Waals surface area contributed by atoms with Crippen molar-refractivity contribution < 1.29 is 13.2 Å². The van der Waals surface area contributed by atoms with Crippen LogP contribution < -0.4 is 5.32 Å². The molecule has 0 amide bonds. The molecule has 1 aliphatic rings. The van der Waals surface area contributed by atoms with Gasteiger partial charge in [-0.15, -0.1) is 12.4 Å². The molecule has 0 atom stereocenters. The van der Waals surface area contributed by atoms with Gasteiger partial charge in [0.2, 0.25) is 10.0 Å². The Morgan fingerprint density at radius 1 is 1.44 bits per heavy atom. The van der Waals surface area contributed by atoms with E-state index in [-0.39, 0.29) is 36.9 Å². The standard InChI is InChI=1S/C9H20N2O3S.ClH/c1-8(2)14-4-5-15(12,13)11(3)9-6-10-7-9;/h8-10H,4-7H2,1-3H3;1H. The summed E-state index contributed by atoms with van der Waals surface area (Å²) in [6.07, 6.45) is 0.0795. The molecule has 1 fully saturated rings. The Bertz CT molecular complexity index is 291. The Morgan fingerprint density at radius 3 is 2.38 bits per heavy atom. The molecule has 0 radical (unpaired) electrons. The fraction of sp³-hybridized carbons (Fsp3) is 1.00. The summed E-state index contributed by atoms with van der Waals surface area (Å²) in [5.41, 5.74) is 0. The highest BCUT2D eigenvalue weighted by molar-refractivity contribution is 7.89. The Hall–Kier alpha value is 0.120. The molecule has 1 heterocycles. The molecule has 0 unspecified atom stereocenters. The summed E-state index contributed by atoms with van der Waals surface area (Å²) in [7, 11) is -1.51. The van der Waals surface area contributed by atoms with Gasteiger partial charge in [0, 0.05) is 26.2 Å². The second kappa shape index (κ2) is 6.76. The van der Waals surface area contributed by atoms with Crippen molar-refractivity contribution in [1.82, 2.24) is 9.62 Å². The molecule has 0 bridgehead atoms. The highest BCUT2D eigenvalue weighted by atomic mass is 35.5. The molecule has 0 spiro atoms. The third-order valence-electron chi connectivity index (χ3n) is 2.51. The number of nitrogens with one attached hydrogen (secondary N) is 1. The minimum Gasteiger partial charge on any atom is -0.378 e. The molecular formula is C9H21ClN2O3S. The summed E-state index contributed by atoms with van der Waals surface area (Å²) in [4.78, 5) is 0. The first-order valence-corrected chi connectivity index (χ1v) is 6.82. The molecule has 16 heavy (non-hydrogen) atoms. The van der Waals surface area contributed by atoms with Gasteiger partial charge in [-0.1, -0.05) is 0 Å². The van der Waals surface area contributed by atoms with E-state index < -0.39 is 10.0 Å². The average molecular weight is 273 g/mol. The van der Waals surface area contributed by atoms with Crippen LogP contribution in [-0.4, -0.2) is 57.4 Å². The van der Waals surface area contributed by atoms with Gasteiger partial charge in [-0.05, 0) is 13.8 Å². The second-order valence-corrected chi connectivity index (χ2v) is 6.21. The number of nitrogens with zero attached hydrogens (tertiary/aromatic N) is 1. The van der Waals surface area contributed by atoms with Gasteiger partial charge in [0.05, 0.1) is 18.5 Å². The van der Waals surface area contributed by atoms with Crippen LogP contribution in [0.3, 0.4) is 0 Å². The molecule has 0 aliphatic carbocycles. The summed E-state index contributed by atoms with van der Waals surface area (Å²) in [5, 5.41) is 3.05. The van der Waals surface area contributed by atoms with Crippen molar-refractivity contribution in [3.05, 3.63) is 0 Å². The number of halogens is 1. The molecule has 1 saturated heterocycles. The van der Waals surface area contributed by atoms with E-state index in [0.29, 0.717) is 0 Å². The predicted octanol–water partition coefficient (Wildman–Crippen LogP) is 0.0666. The van der Waals surface area contributed by atoms with Gasteiger partial charge in [-0.25, -0.2) is 8.42 Å². The lowest BCUT2D eigenvalue weighted by atomic mass is 10.2. The van der Waals surface area contributed by atoms with Crippen LogP contribution in [0.1, 0.15) is 13.8 Å². The van der Waals surface area contributed by atoms with Gasteiger partial charge in [0.15, 0.2) is 0 Å². The minimum atomic E-state index is -3.15. The van der Waals surface area contributed by atoms with Crippen molar-refractivity contribution in [2.45, 2.75) is 26.0 Å². The van der Waals surface area contributed by atoms with Crippen molar-refractivity contribution in [3.8, 4) is 0 Å². The van der Waals surface area contributed by atoms with E-state index >= 15 is 0 Å². The zero-order valence-corrected chi connectivity index (χ0v) is 11.6. The van der Waals surface area contributed by atoms with E-state index in [0.717, 1.165) is 13.1 Å². The zero-order valence-electron chi connectivity index (χ0n) is 9.97. The van der Waals surface area contributed by atoms with Gasteiger partial charge in [0.25, 0.3) is 0 Å². The summed E-state index contributed by atoms with van der Waals surface area (Å²) in [5.74, 6) is 0.0676. The molecule has 0 aromatic heterocycles. The van der Waals surface area contributed by atoms with Gasteiger partial charge >= 0.3 is 0 Å². The van der Waals surface area contributed by atoms with Crippen LogP contribution in [0.25, 0.3) is 0 Å². The lowest BCUT2D eigenvalue weighted by molar-refractivity contribution is 0.0904. The molecule has 5 nitrogen and oxygen atoms in total.